The number of carbonyl (C=O) groups is 4. The first kappa shape index (κ1) is 107. The van der Waals surface area contributed by atoms with Crippen molar-refractivity contribution in [3.63, 3.8) is 0 Å². The first-order chi connectivity index (χ1) is 65.0. The summed E-state index contributed by atoms with van der Waals surface area (Å²) in [6.45, 7) is 4.13. The number of carbonyl (C=O) groups excluding carboxylic acids is 4. The molecule has 4 saturated heterocycles. The van der Waals surface area contributed by atoms with Crippen LogP contribution in [0.1, 0.15) is 107 Å². The molecular weight excluding hydrogens is 1880 g/mol. The number of benzene rings is 8. The van der Waals surface area contributed by atoms with E-state index in [2.05, 4.69) is 4.90 Å². The summed E-state index contributed by atoms with van der Waals surface area (Å²) in [6.07, 6.45) is -3.82. The predicted octanol–water partition coefficient (Wildman–Crippen LogP) is 12.3. The maximum absolute atomic E-state index is 13.5. The lowest BCUT2D eigenvalue weighted by Crippen LogP contribution is -2.58. The summed E-state index contributed by atoms with van der Waals surface area (Å²) >= 11 is 0. The number of ether oxygens (including phenoxy) is 13. The van der Waals surface area contributed by atoms with E-state index in [4.69, 9.17) is 77.2 Å². The Labute approximate surface area is 782 Å². The standard InChI is InChI=1S/C25H29F3N2O6S.C23H29NO8S.C22H24F3NO7S.C22H27NO8S/c26-25(27,28)18-2-6-20(7-3-18)35-16-1-17-36-21-8-10-22(11-9-21)37(33,34)24(23(31)29-32)12-14-30(15-13-24)19-4-5-19;1-29-18-4-6-19(7-5-18)31-14-2-3-15-32-20-8-10-21(11-9-20)33(27,28)23(22(25)24-26)12-16-30-17-13-23;23-22(24,25)16-3-1-4-18(15-16)33-12-2-11-32-17-5-7-19(8-6-17)34(29,30)21(20(27)26-28)9-13-31-14-10-21;1-28-17-3-5-18(6-4-17)30-13-2-14-31-19-7-9-20(10-8-19)32(26,27)22(21(24)23-25)11-15-29-16-12-22/h2-3,6-11,19,32H,1,4-5,12-17H2,(H,29,31);4-11,26H,2-3,12-17H2,1H3,(H,24,25);1,3-8,15,28H,2,9-14H2,(H,26,27);3-10,25H,2,11-16H2,1H3,(H,23,24). The van der Waals surface area contributed by atoms with Crippen LogP contribution in [0, 0.1) is 0 Å². The number of amides is 4. The van der Waals surface area contributed by atoms with Crippen LogP contribution in [0.25, 0.3) is 0 Å². The van der Waals surface area contributed by atoms with Gasteiger partial charge in [-0.1, -0.05) is 6.07 Å². The van der Waals surface area contributed by atoms with Gasteiger partial charge in [-0.3, -0.25) is 40.0 Å². The molecule has 13 rings (SSSR count). The molecule has 8 N–H and O–H groups in total. The monoisotopic (exact) mass is 1990 g/mol. The molecule has 4 heterocycles. The van der Waals surface area contributed by atoms with Crippen molar-refractivity contribution in [3.8, 4) is 57.5 Å². The molecule has 44 heteroatoms. The molecule has 4 amide bonds. The lowest BCUT2D eigenvalue weighted by Gasteiger charge is -2.39. The Kier molecular flexibility index (Phi) is 38.6. The molecule has 1 saturated carbocycles. The minimum atomic E-state index is -4.45. The van der Waals surface area contributed by atoms with E-state index in [-0.39, 0.29) is 143 Å². The van der Waals surface area contributed by atoms with Crippen molar-refractivity contribution in [2.75, 3.05) is 120 Å². The zero-order valence-corrected chi connectivity index (χ0v) is 77.6. The fraction of sp³-hybridized carbons (Fsp3) is 0.435. The number of hydrogen-bond donors (Lipinski definition) is 8. The van der Waals surface area contributed by atoms with Crippen molar-refractivity contribution in [2.45, 2.75) is 153 Å². The van der Waals surface area contributed by atoms with E-state index in [9.17, 15) is 84.4 Å². The maximum atomic E-state index is 13.5. The van der Waals surface area contributed by atoms with Gasteiger partial charge in [0, 0.05) is 78.0 Å². The number of sulfone groups is 4. The zero-order chi connectivity index (χ0) is 98.3. The summed E-state index contributed by atoms with van der Waals surface area (Å²) in [5.74, 6) is 1.43. The van der Waals surface area contributed by atoms with Crippen molar-refractivity contribution in [2.24, 2.45) is 0 Å². The maximum Gasteiger partial charge on any atom is 0.416 e. The molecule has 0 unspecified atom stereocenters. The third kappa shape index (κ3) is 27.2. The van der Waals surface area contributed by atoms with Crippen molar-refractivity contribution < 1.29 is 162 Å². The molecule has 0 radical (unpaired) electrons. The van der Waals surface area contributed by atoms with E-state index in [1.807, 2.05) is 48.5 Å². The highest BCUT2D eigenvalue weighted by atomic mass is 32.2. The molecule has 8 aromatic carbocycles. The molecule has 1 aliphatic carbocycles. The smallest absolute Gasteiger partial charge is 0.416 e. The van der Waals surface area contributed by atoms with Gasteiger partial charge in [-0.05, 0) is 265 Å². The number of hydrogen-bond acceptors (Lipinski definition) is 30. The average molecular weight is 1990 g/mol. The van der Waals surface area contributed by atoms with Gasteiger partial charge >= 0.3 is 12.4 Å². The van der Waals surface area contributed by atoms with Crippen LogP contribution in [0.2, 0.25) is 0 Å². The van der Waals surface area contributed by atoms with Crippen LogP contribution < -0.4 is 69.3 Å². The number of piperidine rings is 1. The number of methoxy groups -OCH3 is 2. The number of alkyl halides is 6. The lowest BCUT2D eigenvalue weighted by atomic mass is 9.94. The van der Waals surface area contributed by atoms with E-state index in [0.29, 0.717) is 93.6 Å². The van der Waals surface area contributed by atoms with Crippen LogP contribution in [-0.4, -0.2) is 228 Å². The number of halogens is 6. The highest BCUT2D eigenvalue weighted by Crippen LogP contribution is 2.43. The highest BCUT2D eigenvalue weighted by Gasteiger charge is 2.57. The van der Waals surface area contributed by atoms with Crippen LogP contribution in [0.5, 0.6) is 57.5 Å². The van der Waals surface area contributed by atoms with Gasteiger partial charge in [-0.15, -0.1) is 0 Å². The molecule has 5 aliphatic rings. The molecule has 136 heavy (non-hydrogen) atoms. The Balaban J connectivity index is 0.000000188. The Morgan fingerprint density at radius 2 is 0.551 bits per heavy atom. The Morgan fingerprint density at radius 1 is 0.324 bits per heavy atom. The normalized spacial score (nSPS) is 16.4. The number of rotatable bonds is 40. The van der Waals surface area contributed by atoms with Crippen molar-refractivity contribution in [1.82, 2.24) is 26.8 Å². The molecule has 4 aliphatic heterocycles. The summed E-state index contributed by atoms with van der Waals surface area (Å²) in [7, 11) is -13.1. The van der Waals surface area contributed by atoms with Crippen LogP contribution in [-0.2, 0) is 85.1 Å². The minimum absolute atomic E-state index is 0.00626. The van der Waals surface area contributed by atoms with Crippen molar-refractivity contribution >= 4 is 63.0 Å². The Bertz CT molecular complexity index is 5640. The SMILES string of the molecule is COc1ccc(OCCCCOc2ccc(S(=O)(=O)C3(C(=O)NO)CCOCC3)cc2)cc1.COc1ccc(OCCCOc2ccc(S(=O)(=O)C3(C(=O)NO)CCOCC3)cc2)cc1.O=C(NO)C1(S(=O)(=O)c2ccc(OCCCOc3ccc(C(F)(F)F)cc3)cc2)CCN(C2CC2)CC1.O=C(NO)C1(S(=O)(=O)c2ccc(OCCCOc3cccc(C(F)(F)F)c3)cc2)CCOCC1. The van der Waals surface area contributed by atoms with Crippen molar-refractivity contribution in [3.05, 3.63) is 205 Å². The number of hydroxylamine groups is 4. The lowest BCUT2D eigenvalue weighted by molar-refractivity contribution is -0.138. The van der Waals surface area contributed by atoms with Crippen LogP contribution in [0.15, 0.2) is 214 Å². The summed E-state index contributed by atoms with van der Waals surface area (Å²) in [5.41, 5.74) is 4.49. The molecule has 34 nitrogen and oxygen atoms in total. The van der Waals surface area contributed by atoms with E-state index in [0.717, 1.165) is 72.9 Å². The summed E-state index contributed by atoms with van der Waals surface area (Å²) < 4.78 is 246. The van der Waals surface area contributed by atoms with Crippen molar-refractivity contribution in [1.29, 1.82) is 0 Å². The first-order valence-corrected chi connectivity index (χ1v) is 49.2. The summed E-state index contributed by atoms with van der Waals surface area (Å²) in [6, 6.07) is 47.1. The van der Waals surface area contributed by atoms with Gasteiger partial charge in [0.1, 0.15) is 57.5 Å². The molecule has 0 bridgehead atoms. The molecule has 8 aromatic rings. The fourth-order valence-electron chi connectivity index (χ4n) is 15.2. The van der Waals surface area contributed by atoms with Gasteiger partial charge in [-0.25, -0.2) is 55.6 Å². The van der Waals surface area contributed by atoms with E-state index in [1.165, 1.54) is 114 Å². The van der Waals surface area contributed by atoms with E-state index < -0.39 is 105 Å². The molecule has 0 spiro atoms. The Hall–Kier alpha value is -11.3. The van der Waals surface area contributed by atoms with Crippen LogP contribution in [0.3, 0.4) is 0 Å². The van der Waals surface area contributed by atoms with Gasteiger partial charge in [0.05, 0.1) is 97.8 Å². The second-order valence-corrected chi connectivity index (χ2v) is 40.7. The molecule has 5 fully saturated rings. The predicted molar refractivity (Wildman–Crippen MR) is 475 cm³/mol. The van der Waals surface area contributed by atoms with E-state index in [1.54, 1.807) is 44.0 Å². The largest absolute Gasteiger partial charge is 0.497 e. The molecule has 0 aromatic heterocycles. The topological polar surface area (TPSA) is 457 Å². The van der Waals surface area contributed by atoms with Gasteiger partial charge in [-0.2, -0.15) is 26.3 Å². The fourth-order valence-corrected chi connectivity index (χ4v) is 23.0. The van der Waals surface area contributed by atoms with Gasteiger partial charge < -0.3 is 66.5 Å². The Morgan fingerprint density at radius 3 is 0.794 bits per heavy atom. The minimum Gasteiger partial charge on any atom is -0.497 e. The zero-order valence-electron chi connectivity index (χ0n) is 74.3. The summed E-state index contributed by atoms with van der Waals surface area (Å²) in [4.78, 5) is 51.4. The number of likely N-dealkylation sites (tertiary alicyclic amines) is 1. The second kappa shape index (κ2) is 49.1. The van der Waals surface area contributed by atoms with Crippen LogP contribution in [0.4, 0.5) is 26.3 Å². The molecule has 0 atom stereocenters. The third-order valence-corrected chi connectivity index (χ3v) is 33.3. The quantitative estimate of drug-likeness (QED) is 0.00765. The molecule has 742 valence electrons. The van der Waals surface area contributed by atoms with Crippen LogP contribution >= 0.6 is 0 Å². The summed E-state index contributed by atoms with van der Waals surface area (Å²) in [5, 5.41) is 36.6. The van der Waals surface area contributed by atoms with Gasteiger partial charge in [0.15, 0.2) is 58.3 Å². The number of unbranched alkanes of at least 4 members (excludes halogenated alkanes) is 1. The average Bonchev–Trinajstić information content (AvgIpc) is 1.13. The first-order valence-electron chi connectivity index (χ1n) is 43.3. The van der Waals surface area contributed by atoms with Gasteiger partial charge in [0.2, 0.25) is 0 Å². The third-order valence-electron chi connectivity index (χ3n) is 23.2. The number of nitrogens with one attached hydrogen (secondary N) is 4. The second-order valence-electron chi connectivity index (χ2n) is 31.7. The van der Waals surface area contributed by atoms with E-state index >= 15 is 0 Å². The highest BCUT2D eigenvalue weighted by molar-refractivity contribution is 7.94. The van der Waals surface area contributed by atoms with Gasteiger partial charge in [0.25, 0.3) is 23.6 Å². The molecular formula is C92H109F6N5O29S4. The number of nitrogens with zero attached hydrogens (tertiary/aromatic N) is 1.